The normalized spacial score (nSPS) is 10.6. The molecule has 0 radical (unpaired) electrons. The fraction of sp³-hybridized carbons (Fsp3) is 0.0667. The van der Waals surface area contributed by atoms with E-state index in [1.165, 1.54) is 0 Å². The summed E-state index contributed by atoms with van der Waals surface area (Å²) in [6.45, 7) is 0. The highest BCUT2D eigenvalue weighted by Gasteiger charge is 2.14. The van der Waals surface area contributed by atoms with Crippen molar-refractivity contribution in [3.63, 3.8) is 0 Å². The van der Waals surface area contributed by atoms with E-state index in [9.17, 15) is 9.59 Å². The van der Waals surface area contributed by atoms with Crippen molar-refractivity contribution >= 4 is 38.6 Å². The SMILES string of the molecule is Cn1cc(Br)cc1C(=O)NNC(=O)c1cc2ccccc2[nH]1. The molecule has 22 heavy (non-hydrogen) atoms. The maximum absolute atomic E-state index is 12.1. The van der Waals surface area contributed by atoms with Crippen LogP contribution in [0, 0.1) is 0 Å². The lowest BCUT2D eigenvalue weighted by atomic mass is 10.2. The quantitative estimate of drug-likeness (QED) is 0.613. The lowest BCUT2D eigenvalue weighted by Crippen LogP contribution is -2.42. The fourth-order valence-electron chi connectivity index (χ4n) is 2.19. The van der Waals surface area contributed by atoms with Gasteiger partial charge in [-0.25, -0.2) is 0 Å². The molecule has 112 valence electrons. The van der Waals surface area contributed by atoms with Crippen molar-refractivity contribution in [1.29, 1.82) is 0 Å². The number of fused-ring (bicyclic) bond motifs is 1. The van der Waals surface area contributed by atoms with Gasteiger partial charge in [0.1, 0.15) is 11.4 Å². The van der Waals surface area contributed by atoms with Gasteiger partial charge >= 0.3 is 0 Å². The van der Waals surface area contributed by atoms with Crippen LogP contribution < -0.4 is 10.9 Å². The number of halogens is 1. The number of aryl methyl sites for hydroxylation is 1. The van der Waals surface area contributed by atoms with Crippen molar-refractivity contribution in [3.05, 3.63) is 58.5 Å². The van der Waals surface area contributed by atoms with E-state index in [-0.39, 0.29) is 0 Å². The van der Waals surface area contributed by atoms with Crippen molar-refractivity contribution < 1.29 is 9.59 Å². The van der Waals surface area contributed by atoms with Crippen LogP contribution in [0.1, 0.15) is 21.0 Å². The van der Waals surface area contributed by atoms with Crippen LogP contribution in [0.2, 0.25) is 0 Å². The number of nitrogens with one attached hydrogen (secondary N) is 3. The van der Waals surface area contributed by atoms with Gasteiger partial charge in [0, 0.05) is 28.6 Å². The van der Waals surface area contributed by atoms with Crippen molar-refractivity contribution in [1.82, 2.24) is 20.4 Å². The van der Waals surface area contributed by atoms with Crippen molar-refractivity contribution in [2.75, 3.05) is 0 Å². The van der Waals surface area contributed by atoms with Gasteiger partial charge in [0.15, 0.2) is 0 Å². The van der Waals surface area contributed by atoms with Gasteiger partial charge in [0.2, 0.25) is 0 Å². The molecule has 0 saturated carbocycles. The van der Waals surface area contributed by atoms with Crippen LogP contribution >= 0.6 is 15.9 Å². The van der Waals surface area contributed by atoms with Gasteiger partial charge in [-0.2, -0.15) is 0 Å². The molecule has 0 aliphatic rings. The minimum Gasteiger partial charge on any atom is -0.350 e. The lowest BCUT2D eigenvalue weighted by Gasteiger charge is -2.06. The van der Waals surface area contributed by atoms with E-state index in [4.69, 9.17) is 0 Å². The smallest absolute Gasteiger partial charge is 0.286 e. The van der Waals surface area contributed by atoms with Gasteiger partial charge in [0.05, 0.1) is 0 Å². The molecule has 0 spiro atoms. The number of amides is 2. The average molecular weight is 361 g/mol. The monoisotopic (exact) mass is 360 g/mol. The minimum absolute atomic E-state index is 0.384. The average Bonchev–Trinajstić information content (AvgIpc) is 3.07. The number of hydrazine groups is 1. The first kappa shape index (κ1) is 14.4. The van der Waals surface area contributed by atoms with Gasteiger partial charge in [-0.3, -0.25) is 20.4 Å². The van der Waals surface area contributed by atoms with Gasteiger partial charge < -0.3 is 9.55 Å². The molecular formula is C15H13BrN4O2. The third-order valence-corrected chi connectivity index (χ3v) is 3.70. The largest absolute Gasteiger partial charge is 0.350 e. The molecule has 0 aliphatic heterocycles. The Morgan fingerprint density at radius 2 is 1.86 bits per heavy atom. The highest BCUT2D eigenvalue weighted by Crippen LogP contribution is 2.15. The Kier molecular flexibility index (Phi) is 3.72. The number of carbonyl (C=O) groups is 2. The molecule has 0 bridgehead atoms. The first-order valence-corrected chi connectivity index (χ1v) is 7.34. The standard InChI is InChI=1S/C15H13BrN4O2/c1-20-8-10(16)7-13(20)15(22)19-18-14(21)12-6-9-4-2-3-5-11(9)17-12/h2-8,17H,1H3,(H,18,21)(H,19,22). The summed E-state index contributed by atoms with van der Waals surface area (Å²) in [6, 6.07) is 11.0. The molecule has 0 unspecified atom stereocenters. The summed E-state index contributed by atoms with van der Waals surface area (Å²) < 4.78 is 2.45. The number of nitrogens with zero attached hydrogens (tertiary/aromatic N) is 1. The number of aromatic nitrogens is 2. The predicted octanol–water partition coefficient (Wildman–Crippen LogP) is 2.34. The Labute approximate surface area is 134 Å². The molecule has 0 aliphatic carbocycles. The number of carbonyl (C=O) groups excluding carboxylic acids is 2. The number of benzene rings is 1. The molecule has 3 rings (SSSR count). The number of para-hydroxylation sites is 1. The summed E-state index contributed by atoms with van der Waals surface area (Å²) in [5.74, 6) is -0.796. The summed E-state index contributed by atoms with van der Waals surface area (Å²) in [5.41, 5.74) is 6.48. The van der Waals surface area contributed by atoms with E-state index in [0.29, 0.717) is 11.4 Å². The first-order chi connectivity index (χ1) is 10.5. The number of aromatic amines is 1. The molecular weight excluding hydrogens is 348 g/mol. The van der Waals surface area contributed by atoms with E-state index in [2.05, 4.69) is 31.8 Å². The zero-order valence-corrected chi connectivity index (χ0v) is 13.3. The van der Waals surface area contributed by atoms with Crippen LogP contribution in [0.3, 0.4) is 0 Å². The molecule has 0 fully saturated rings. The number of rotatable bonds is 2. The molecule has 0 atom stereocenters. The highest BCUT2D eigenvalue weighted by molar-refractivity contribution is 9.10. The Balaban J connectivity index is 1.69. The van der Waals surface area contributed by atoms with Crippen molar-refractivity contribution in [3.8, 4) is 0 Å². The second kappa shape index (κ2) is 5.69. The zero-order chi connectivity index (χ0) is 15.7. The summed E-state index contributed by atoms with van der Waals surface area (Å²) in [7, 11) is 1.75. The molecule has 2 aromatic heterocycles. The summed E-state index contributed by atoms with van der Waals surface area (Å²) >= 11 is 3.29. The van der Waals surface area contributed by atoms with E-state index in [0.717, 1.165) is 15.4 Å². The predicted molar refractivity (Wildman–Crippen MR) is 86.3 cm³/mol. The molecule has 1 aromatic carbocycles. The van der Waals surface area contributed by atoms with Crippen LogP contribution in [0.4, 0.5) is 0 Å². The van der Waals surface area contributed by atoms with Crippen LogP contribution in [-0.4, -0.2) is 21.4 Å². The summed E-state index contributed by atoms with van der Waals surface area (Å²) in [4.78, 5) is 27.1. The molecule has 0 saturated heterocycles. The Bertz CT molecular complexity index is 832. The fourth-order valence-corrected chi connectivity index (χ4v) is 2.71. The van der Waals surface area contributed by atoms with E-state index >= 15 is 0 Å². The molecule has 6 nitrogen and oxygen atoms in total. The Hall–Kier alpha value is -2.54. The second-order valence-corrected chi connectivity index (χ2v) is 5.75. The number of hydrogen-bond donors (Lipinski definition) is 3. The molecule has 2 heterocycles. The Morgan fingerprint density at radius 3 is 2.55 bits per heavy atom. The first-order valence-electron chi connectivity index (χ1n) is 6.55. The summed E-state index contributed by atoms with van der Waals surface area (Å²) in [5, 5.41) is 0.936. The molecule has 3 N–H and O–H groups in total. The second-order valence-electron chi connectivity index (χ2n) is 4.83. The van der Waals surface area contributed by atoms with Crippen LogP contribution in [0.25, 0.3) is 10.9 Å². The maximum atomic E-state index is 12.1. The van der Waals surface area contributed by atoms with E-state index in [1.54, 1.807) is 29.9 Å². The maximum Gasteiger partial charge on any atom is 0.286 e. The Morgan fingerprint density at radius 1 is 1.14 bits per heavy atom. The topological polar surface area (TPSA) is 78.9 Å². The van der Waals surface area contributed by atoms with Crippen LogP contribution in [0.5, 0.6) is 0 Å². The lowest BCUT2D eigenvalue weighted by molar-refractivity contribution is 0.0840. The highest BCUT2D eigenvalue weighted by atomic mass is 79.9. The van der Waals surface area contributed by atoms with E-state index < -0.39 is 11.8 Å². The van der Waals surface area contributed by atoms with Gasteiger partial charge in [0.25, 0.3) is 11.8 Å². The molecule has 2 amide bonds. The number of hydrogen-bond acceptors (Lipinski definition) is 2. The number of H-pyrrole nitrogens is 1. The zero-order valence-electron chi connectivity index (χ0n) is 11.7. The van der Waals surface area contributed by atoms with Gasteiger partial charge in [-0.1, -0.05) is 18.2 Å². The minimum atomic E-state index is -0.405. The van der Waals surface area contributed by atoms with Gasteiger partial charge in [-0.15, -0.1) is 0 Å². The van der Waals surface area contributed by atoms with Crippen molar-refractivity contribution in [2.45, 2.75) is 0 Å². The molecule has 7 heteroatoms. The third kappa shape index (κ3) is 2.75. The van der Waals surface area contributed by atoms with Crippen LogP contribution in [-0.2, 0) is 7.05 Å². The summed E-state index contributed by atoms with van der Waals surface area (Å²) in [6.07, 6.45) is 1.76. The van der Waals surface area contributed by atoms with Gasteiger partial charge in [-0.05, 0) is 34.1 Å². The van der Waals surface area contributed by atoms with Crippen LogP contribution in [0.15, 0.2) is 47.1 Å². The molecule has 3 aromatic rings. The third-order valence-electron chi connectivity index (χ3n) is 3.27. The van der Waals surface area contributed by atoms with Crippen molar-refractivity contribution in [2.24, 2.45) is 7.05 Å². The van der Waals surface area contributed by atoms with E-state index in [1.807, 2.05) is 24.3 Å².